The number of carbonyl (C=O) groups excluding carboxylic acids is 1. The van der Waals surface area contributed by atoms with Crippen molar-refractivity contribution in [1.29, 1.82) is 0 Å². The lowest BCUT2D eigenvalue weighted by Crippen LogP contribution is -2.13. The first-order valence-electron chi connectivity index (χ1n) is 5.09. The molecule has 2 rings (SSSR count). The third kappa shape index (κ3) is 2.97. The summed E-state index contributed by atoms with van der Waals surface area (Å²) < 4.78 is 14.9. The van der Waals surface area contributed by atoms with Crippen molar-refractivity contribution in [2.45, 2.75) is 0 Å². The molecule has 92 valence electrons. The van der Waals surface area contributed by atoms with E-state index < -0.39 is 5.82 Å². The van der Waals surface area contributed by atoms with Gasteiger partial charge in [-0.25, -0.2) is 4.39 Å². The van der Waals surface area contributed by atoms with Crippen molar-refractivity contribution in [3.8, 4) is 0 Å². The van der Waals surface area contributed by atoms with E-state index in [4.69, 9.17) is 0 Å². The standard InChI is InChI=1S/C13H8Br2FNO/c14-8-5-6-9(10(15)7-8)13(18)17-12-4-2-1-3-11(12)16/h1-7H,(H,17,18). The molecule has 0 saturated heterocycles. The number of benzene rings is 2. The second kappa shape index (κ2) is 5.63. The molecular weight excluding hydrogens is 365 g/mol. The van der Waals surface area contributed by atoms with Crippen LogP contribution in [0, 0.1) is 5.82 Å². The highest BCUT2D eigenvalue weighted by Crippen LogP contribution is 2.23. The highest BCUT2D eigenvalue weighted by molar-refractivity contribution is 9.11. The normalized spacial score (nSPS) is 10.2. The zero-order chi connectivity index (χ0) is 13.1. The first-order valence-corrected chi connectivity index (χ1v) is 6.67. The van der Waals surface area contributed by atoms with Crippen LogP contribution in [0.4, 0.5) is 10.1 Å². The molecule has 18 heavy (non-hydrogen) atoms. The van der Waals surface area contributed by atoms with E-state index in [1.165, 1.54) is 12.1 Å². The summed E-state index contributed by atoms with van der Waals surface area (Å²) in [5.41, 5.74) is 0.610. The van der Waals surface area contributed by atoms with E-state index in [1.807, 2.05) is 0 Å². The summed E-state index contributed by atoms with van der Waals surface area (Å²) in [7, 11) is 0. The van der Waals surface area contributed by atoms with E-state index in [2.05, 4.69) is 37.2 Å². The smallest absolute Gasteiger partial charge is 0.256 e. The molecule has 0 radical (unpaired) electrons. The number of nitrogens with one attached hydrogen (secondary N) is 1. The van der Waals surface area contributed by atoms with Gasteiger partial charge in [-0.3, -0.25) is 4.79 Å². The molecule has 2 nitrogen and oxygen atoms in total. The molecule has 2 aromatic rings. The van der Waals surface area contributed by atoms with Gasteiger partial charge < -0.3 is 5.32 Å². The van der Waals surface area contributed by atoms with E-state index in [0.717, 1.165) is 4.47 Å². The molecule has 0 aliphatic carbocycles. The quantitative estimate of drug-likeness (QED) is 0.819. The third-order valence-corrected chi connectivity index (χ3v) is 3.45. The summed E-state index contributed by atoms with van der Waals surface area (Å²) in [6.45, 7) is 0. The van der Waals surface area contributed by atoms with Crippen molar-refractivity contribution < 1.29 is 9.18 Å². The average Bonchev–Trinajstić information content (AvgIpc) is 2.32. The third-order valence-electron chi connectivity index (χ3n) is 2.30. The largest absolute Gasteiger partial charge is 0.319 e. The molecule has 2 aromatic carbocycles. The van der Waals surface area contributed by atoms with Gasteiger partial charge in [-0.1, -0.05) is 28.1 Å². The number of hydrogen-bond donors (Lipinski definition) is 1. The Balaban J connectivity index is 2.25. The number of carbonyl (C=O) groups is 1. The summed E-state index contributed by atoms with van der Waals surface area (Å²) in [4.78, 5) is 12.0. The van der Waals surface area contributed by atoms with Gasteiger partial charge in [0, 0.05) is 8.95 Å². The van der Waals surface area contributed by atoms with E-state index in [0.29, 0.717) is 10.0 Å². The van der Waals surface area contributed by atoms with Crippen molar-refractivity contribution in [2.24, 2.45) is 0 Å². The number of amides is 1. The molecule has 0 aromatic heterocycles. The Hall–Kier alpha value is -1.20. The highest BCUT2D eigenvalue weighted by atomic mass is 79.9. The van der Waals surface area contributed by atoms with Gasteiger partial charge >= 0.3 is 0 Å². The maximum atomic E-state index is 13.4. The molecular formula is C13H8Br2FNO. The second-order valence-corrected chi connectivity index (χ2v) is 5.33. The summed E-state index contributed by atoms with van der Waals surface area (Å²) in [6.07, 6.45) is 0. The molecule has 0 saturated carbocycles. The number of halogens is 3. The van der Waals surface area contributed by atoms with Crippen LogP contribution in [0.25, 0.3) is 0 Å². The van der Waals surface area contributed by atoms with Crippen LogP contribution in [-0.2, 0) is 0 Å². The topological polar surface area (TPSA) is 29.1 Å². The molecule has 0 spiro atoms. The van der Waals surface area contributed by atoms with Gasteiger partial charge in [0.05, 0.1) is 11.3 Å². The molecule has 0 atom stereocenters. The monoisotopic (exact) mass is 371 g/mol. The maximum absolute atomic E-state index is 13.4. The number of rotatable bonds is 2. The Kier molecular flexibility index (Phi) is 4.14. The summed E-state index contributed by atoms with van der Waals surface area (Å²) in [6, 6.07) is 11.2. The van der Waals surface area contributed by atoms with Crippen molar-refractivity contribution in [3.63, 3.8) is 0 Å². The Morgan fingerprint density at radius 2 is 1.83 bits per heavy atom. The molecule has 0 aliphatic rings. The van der Waals surface area contributed by atoms with Crippen LogP contribution in [0.5, 0.6) is 0 Å². The van der Waals surface area contributed by atoms with Gasteiger partial charge in [0.15, 0.2) is 0 Å². The molecule has 0 aliphatic heterocycles. The van der Waals surface area contributed by atoms with E-state index >= 15 is 0 Å². The van der Waals surface area contributed by atoms with Gasteiger partial charge in [0.25, 0.3) is 5.91 Å². The van der Waals surface area contributed by atoms with E-state index in [9.17, 15) is 9.18 Å². The van der Waals surface area contributed by atoms with Gasteiger partial charge in [0.1, 0.15) is 5.82 Å². The van der Waals surface area contributed by atoms with Crippen LogP contribution in [-0.4, -0.2) is 5.91 Å². The van der Waals surface area contributed by atoms with Crippen LogP contribution in [0.15, 0.2) is 51.4 Å². The lowest BCUT2D eigenvalue weighted by molar-refractivity contribution is 0.102. The fourth-order valence-corrected chi connectivity index (χ4v) is 2.65. The zero-order valence-electron chi connectivity index (χ0n) is 9.08. The average molecular weight is 373 g/mol. The predicted molar refractivity (Wildman–Crippen MR) is 76.2 cm³/mol. The van der Waals surface area contributed by atoms with Crippen LogP contribution in [0.3, 0.4) is 0 Å². The van der Waals surface area contributed by atoms with Crippen LogP contribution in [0.2, 0.25) is 0 Å². The minimum atomic E-state index is -0.459. The zero-order valence-corrected chi connectivity index (χ0v) is 12.3. The molecule has 1 amide bonds. The molecule has 5 heteroatoms. The first kappa shape index (κ1) is 13.2. The Labute approximate surface area is 120 Å². The fourth-order valence-electron chi connectivity index (χ4n) is 1.43. The first-order chi connectivity index (χ1) is 8.58. The van der Waals surface area contributed by atoms with Crippen LogP contribution < -0.4 is 5.32 Å². The van der Waals surface area contributed by atoms with E-state index in [1.54, 1.807) is 30.3 Å². The second-order valence-electron chi connectivity index (χ2n) is 3.56. The minimum Gasteiger partial charge on any atom is -0.319 e. The molecule has 1 N–H and O–H groups in total. The summed E-state index contributed by atoms with van der Waals surface area (Å²) >= 11 is 6.60. The number of para-hydroxylation sites is 1. The Morgan fingerprint density at radius 1 is 1.11 bits per heavy atom. The van der Waals surface area contributed by atoms with Crippen molar-refractivity contribution in [1.82, 2.24) is 0 Å². The summed E-state index contributed by atoms with van der Waals surface area (Å²) in [5, 5.41) is 2.53. The highest BCUT2D eigenvalue weighted by Gasteiger charge is 2.12. The van der Waals surface area contributed by atoms with Crippen molar-refractivity contribution in [2.75, 3.05) is 5.32 Å². The molecule has 0 heterocycles. The lowest BCUT2D eigenvalue weighted by Gasteiger charge is -2.07. The van der Waals surface area contributed by atoms with Crippen molar-refractivity contribution >= 4 is 43.5 Å². The maximum Gasteiger partial charge on any atom is 0.256 e. The Bertz CT molecular complexity index is 601. The predicted octanol–water partition coefficient (Wildman–Crippen LogP) is 4.60. The van der Waals surface area contributed by atoms with Crippen molar-refractivity contribution in [3.05, 3.63) is 62.8 Å². The van der Waals surface area contributed by atoms with Crippen LogP contribution in [0.1, 0.15) is 10.4 Å². The minimum absolute atomic E-state index is 0.164. The lowest BCUT2D eigenvalue weighted by atomic mass is 10.2. The molecule has 0 bridgehead atoms. The van der Waals surface area contributed by atoms with Gasteiger partial charge in [-0.15, -0.1) is 0 Å². The summed E-state index contributed by atoms with van der Waals surface area (Å²) in [5.74, 6) is -0.821. The number of hydrogen-bond acceptors (Lipinski definition) is 1. The van der Waals surface area contributed by atoms with Crippen LogP contribution >= 0.6 is 31.9 Å². The SMILES string of the molecule is O=C(Nc1ccccc1F)c1ccc(Br)cc1Br. The van der Waals surface area contributed by atoms with Gasteiger partial charge in [0.2, 0.25) is 0 Å². The Morgan fingerprint density at radius 3 is 2.50 bits per heavy atom. The fraction of sp³-hybridized carbons (Fsp3) is 0. The molecule has 0 unspecified atom stereocenters. The van der Waals surface area contributed by atoms with Gasteiger partial charge in [-0.2, -0.15) is 0 Å². The number of anilines is 1. The van der Waals surface area contributed by atoms with Gasteiger partial charge in [-0.05, 0) is 46.3 Å². The van der Waals surface area contributed by atoms with E-state index in [-0.39, 0.29) is 11.6 Å². The molecule has 0 fully saturated rings.